The number of benzene rings is 4. The number of nitrogens with zero attached hydrogens (tertiary/aromatic N) is 1. The third kappa shape index (κ3) is 5.68. The highest BCUT2D eigenvalue weighted by atomic mass is 15.0. The average molecular weight is 569 g/mol. The van der Waals surface area contributed by atoms with Crippen LogP contribution < -0.4 is 0 Å². The Bertz CT molecular complexity index is 1770. The van der Waals surface area contributed by atoms with Crippen LogP contribution in [-0.2, 0) is 0 Å². The Hall–Kier alpha value is -4.04. The monoisotopic (exact) mass is 568 g/mol. The fraction of sp³-hybridized carbons (Fsp3) is 0.317. The molecule has 1 saturated carbocycles. The van der Waals surface area contributed by atoms with E-state index in [-0.39, 0.29) is 0 Å². The first-order valence-electron chi connectivity index (χ1n) is 16.6. The van der Waals surface area contributed by atoms with Gasteiger partial charge >= 0.3 is 0 Å². The summed E-state index contributed by atoms with van der Waals surface area (Å²) in [7, 11) is 0. The molecule has 222 valence electrons. The van der Waals surface area contributed by atoms with Gasteiger partial charge < -0.3 is 9.55 Å². The number of allylic oxidation sites excluding steroid dienone is 2. The van der Waals surface area contributed by atoms with Gasteiger partial charge in [0.2, 0.25) is 0 Å². The number of fused-ring (bicyclic) bond motifs is 5. The van der Waals surface area contributed by atoms with Crippen molar-refractivity contribution in [2.75, 3.05) is 0 Å². The molecule has 1 fully saturated rings. The van der Waals surface area contributed by atoms with Gasteiger partial charge in [-0.15, -0.1) is 0 Å². The largest absolute Gasteiger partial charge is 0.361 e. The molecule has 2 aliphatic carbocycles. The van der Waals surface area contributed by atoms with Gasteiger partial charge in [0.15, 0.2) is 0 Å². The summed E-state index contributed by atoms with van der Waals surface area (Å²) < 4.78 is 2.63. The van der Waals surface area contributed by atoms with E-state index in [1.807, 2.05) is 50.2 Å². The molecule has 0 spiro atoms. The first-order chi connectivity index (χ1) is 21.2. The van der Waals surface area contributed by atoms with Crippen molar-refractivity contribution in [1.29, 1.82) is 0 Å². The second-order valence-electron chi connectivity index (χ2n) is 11.4. The maximum Gasteiger partial charge on any atom is 0.0548 e. The lowest BCUT2D eigenvalue weighted by atomic mass is 9.90. The molecule has 0 saturated heterocycles. The SMILES string of the molecule is CC.CCC.CCC/C(=C(\CC)c1ccccc1)n1c2cccc3c2c2c(c4[nH]ccc4cc21)C1CC31.c1ccccc1. The van der Waals surface area contributed by atoms with Crippen molar-refractivity contribution < 1.29 is 0 Å². The van der Waals surface area contributed by atoms with E-state index in [0.29, 0.717) is 11.8 Å². The zero-order chi connectivity index (χ0) is 30.3. The van der Waals surface area contributed by atoms with Crippen molar-refractivity contribution in [3.05, 3.63) is 120 Å². The molecule has 0 radical (unpaired) electrons. The topological polar surface area (TPSA) is 20.7 Å². The molecule has 2 atom stereocenters. The van der Waals surface area contributed by atoms with Gasteiger partial charge in [0, 0.05) is 33.6 Å². The first kappa shape index (κ1) is 30.4. The normalized spacial score (nSPS) is 16.3. The Morgan fingerprint density at radius 2 is 1.40 bits per heavy atom. The van der Waals surface area contributed by atoms with E-state index in [1.165, 1.54) is 62.4 Å². The molecule has 8 rings (SSSR count). The molecule has 0 amide bonds. The standard InChI is InChI=1S/C30H28N2.C6H6.C3H8.C2H6/c1-3-9-24(20(4-2)18-10-6-5-7-11-18)32-25-13-8-12-21-22-17-23(22)28-29(27(21)25)26(32)16-19-14-15-31-30(19)28;1-2-4-6-5-3-1;1-3-2;1-2/h5-8,10-16,22-23,31H,3-4,9,17H2,1-2H3;1-6H;3H2,1-2H3;1-2H3/b24-20-;;;. The van der Waals surface area contributed by atoms with E-state index >= 15 is 0 Å². The maximum absolute atomic E-state index is 3.58. The van der Waals surface area contributed by atoms with Crippen molar-refractivity contribution in [2.45, 2.75) is 85.5 Å². The average Bonchev–Trinajstić information content (AvgIpc) is 3.62. The van der Waals surface area contributed by atoms with E-state index in [9.17, 15) is 0 Å². The summed E-state index contributed by atoms with van der Waals surface area (Å²) >= 11 is 0. The molecule has 2 nitrogen and oxygen atoms in total. The van der Waals surface area contributed by atoms with Crippen LogP contribution in [0, 0.1) is 0 Å². The molecule has 0 aliphatic heterocycles. The summed E-state index contributed by atoms with van der Waals surface area (Å²) in [6, 6.07) is 34.7. The van der Waals surface area contributed by atoms with Crippen LogP contribution in [0.5, 0.6) is 0 Å². The smallest absolute Gasteiger partial charge is 0.0548 e. The first-order valence-corrected chi connectivity index (χ1v) is 16.6. The number of rotatable bonds is 5. The predicted octanol–water partition coefficient (Wildman–Crippen LogP) is 12.6. The van der Waals surface area contributed by atoms with Crippen LogP contribution in [0.15, 0.2) is 103 Å². The highest BCUT2D eigenvalue weighted by molar-refractivity contribution is 6.20. The fourth-order valence-electron chi connectivity index (χ4n) is 6.86. The number of H-pyrrole nitrogens is 1. The van der Waals surface area contributed by atoms with Crippen LogP contribution in [0.2, 0.25) is 0 Å². The molecular weight excluding hydrogens is 520 g/mol. The van der Waals surface area contributed by atoms with E-state index < -0.39 is 0 Å². The molecule has 2 heteroatoms. The van der Waals surface area contributed by atoms with E-state index in [0.717, 1.165) is 19.3 Å². The summed E-state index contributed by atoms with van der Waals surface area (Å²) in [5, 5.41) is 4.35. The Morgan fingerprint density at radius 3 is 2.02 bits per heavy atom. The molecule has 2 aliphatic rings. The minimum atomic E-state index is 0.673. The summed E-state index contributed by atoms with van der Waals surface area (Å²) in [6.07, 6.45) is 7.91. The quantitative estimate of drug-likeness (QED) is 0.213. The minimum Gasteiger partial charge on any atom is -0.361 e. The van der Waals surface area contributed by atoms with Gasteiger partial charge in [0.05, 0.1) is 11.0 Å². The zero-order valence-electron chi connectivity index (χ0n) is 27.0. The molecule has 0 bridgehead atoms. The molecule has 4 aromatic carbocycles. The van der Waals surface area contributed by atoms with Gasteiger partial charge in [-0.1, -0.05) is 133 Å². The van der Waals surface area contributed by atoms with Gasteiger partial charge in [0.25, 0.3) is 0 Å². The Kier molecular flexibility index (Phi) is 9.87. The second kappa shape index (κ2) is 14.0. The van der Waals surface area contributed by atoms with E-state index in [4.69, 9.17) is 0 Å². The number of aromatic nitrogens is 2. The highest BCUT2D eigenvalue weighted by Gasteiger charge is 2.46. The Balaban J connectivity index is 0.000000289. The van der Waals surface area contributed by atoms with Crippen LogP contribution in [-0.4, -0.2) is 9.55 Å². The van der Waals surface area contributed by atoms with Crippen LogP contribution in [0.25, 0.3) is 44.0 Å². The van der Waals surface area contributed by atoms with Gasteiger partial charge in [-0.25, -0.2) is 0 Å². The van der Waals surface area contributed by atoms with Gasteiger partial charge in [-0.05, 0) is 71.6 Å². The molecular formula is C41H48N2. The summed E-state index contributed by atoms with van der Waals surface area (Å²) in [4.78, 5) is 3.58. The van der Waals surface area contributed by atoms with Crippen LogP contribution in [0.4, 0.5) is 0 Å². The third-order valence-corrected chi connectivity index (χ3v) is 8.48. The molecule has 2 heterocycles. The lowest BCUT2D eigenvalue weighted by Gasteiger charge is -2.18. The summed E-state index contributed by atoms with van der Waals surface area (Å²) in [5.41, 5.74) is 11.6. The Morgan fingerprint density at radius 1 is 0.744 bits per heavy atom. The van der Waals surface area contributed by atoms with Crippen LogP contribution in [0.3, 0.4) is 0 Å². The number of nitrogens with one attached hydrogen (secondary N) is 1. The van der Waals surface area contributed by atoms with E-state index in [1.54, 1.807) is 11.1 Å². The summed E-state index contributed by atoms with van der Waals surface area (Å²) in [5.74, 6) is 1.37. The highest BCUT2D eigenvalue weighted by Crippen LogP contribution is 2.63. The molecule has 2 unspecified atom stereocenters. The van der Waals surface area contributed by atoms with Crippen LogP contribution >= 0.6 is 0 Å². The lowest BCUT2D eigenvalue weighted by Crippen LogP contribution is -2.02. The minimum absolute atomic E-state index is 0.673. The number of hydrogen-bond acceptors (Lipinski definition) is 0. The van der Waals surface area contributed by atoms with Crippen LogP contribution in [0.1, 0.15) is 102 Å². The number of hydrogen-bond donors (Lipinski definition) is 1. The van der Waals surface area contributed by atoms with Gasteiger partial charge in [0.1, 0.15) is 0 Å². The fourth-order valence-corrected chi connectivity index (χ4v) is 6.86. The van der Waals surface area contributed by atoms with Gasteiger partial charge in [-0.3, -0.25) is 0 Å². The maximum atomic E-state index is 3.58. The third-order valence-electron chi connectivity index (χ3n) is 8.48. The molecule has 2 aromatic heterocycles. The molecule has 43 heavy (non-hydrogen) atoms. The van der Waals surface area contributed by atoms with Crippen molar-refractivity contribution >= 4 is 44.0 Å². The zero-order valence-corrected chi connectivity index (χ0v) is 27.0. The van der Waals surface area contributed by atoms with Crippen molar-refractivity contribution in [2.24, 2.45) is 0 Å². The second-order valence-corrected chi connectivity index (χ2v) is 11.4. The van der Waals surface area contributed by atoms with Crippen molar-refractivity contribution in [3.63, 3.8) is 0 Å². The molecule has 1 N–H and O–H groups in total. The molecule has 6 aromatic rings. The predicted molar refractivity (Wildman–Crippen MR) is 190 cm³/mol. The van der Waals surface area contributed by atoms with Crippen molar-refractivity contribution in [3.8, 4) is 0 Å². The van der Waals surface area contributed by atoms with Crippen molar-refractivity contribution in [1.82, 2.24) is 9.55 Å². The van der Waals surface area contributed by atoms with E-state index in [2.05, 4.69) is 104 Å². The van der Waals surface area contributed by atoms with Gasteiger partial charge in [-0.2, -0.15) is 0 Å². The summed E-state index contributed by atoms with van der Waals surface area (Å²) in [6.45, 7) is 12.9. The lowest BCUT2D eigenvalue weighted by molar-refractivity contribution is 0.923. The Labute approximate surface area is 258 Å². The number of aromatic amines is 1.